The van der Waals surface area contributed by atoms with E-state index in [1.165, 1.54) is 6.33 Å². The number of carbonyl (C=O) groups is 1. The molecule has 2 N–H and O–H groups in total. The quantitative estimate of drug-likeness (QED) is 0.860. The Kier molecular flexibility index (Phi) is 5.57. The fourth-order valence-electron chi connectivity index (χ4n) is 1.67. The standard InChI is InChI=1S/C15H16Cl2N4O/c1-9(2)7-18-14-6-13(19-8-20-14)15(22)21-12-5-10(16)3-4-11(12)17/h3-6,8-9H,7H2,1-2H3,(H,21,22)(H,18,19,20). The van der Waals surface area contributed by atoms with Gasteiger partial charge < -0.3 is 10.6 Å². The Balaban J connectivity index is 2.12. The maximum atomic E-state index is 12.2. The molecule has 1 heterocycles. The molecule has 0 radical (unpaired) electrons. The molecule has 0 unspecified atom stereocenters. The SMILES string of the molecule is CC(C)CNc1cc(C(=O)Nc2cc(Cl)ccc2Cl)ncn1. The van der Waals surface area contributed by atoms with Crippen LogP contribution in [0.3, 0.4) is 0 Å². The summed E-state index contributed by atoms with van der Waals surface area (Å²) in [5.41, 5.74) is 0.687. The van der Waals surface area contributed by atoms with Gasteiger partial charge in [-0.25, -0.2) is 9.97 Å². The topological polar surface area (TPSA) is 66.9 Å². The highest BCUT2D eigenvalue weighted by Crippen LogP contribution is 2.25. The third-order valence-electron chi connectivity index (χ3n) is 2.77. The minimum absolute atomic E-state index is 0.247. The van der Waals surface area contributed by atoms with Crippen LogP contribution >= 0.6 is 23.2 Å². The number of anilines is 2. The third-order valence-corrected chi connectivity index (χ3v) is 3.33. The van der Waals surface area contributed by atoms with Gasteiger partial charge in [-0.15, -0.1) is 0 Å². The first-order valence-electron chi connectivity index (χ1n) is 6.78. The molecule has 7 heteroatoms. The fourth-order valence-corrected chi connectivity index (χ4v) is 2.00. The van der Waals surface area contributed by atoms with Gasteiger partial charge in [0.15, 0.2) is 0 Å². The Morgan fingerprint density at radius 3 is 2.73 bits per heavy atom. The zero-order valence-electron chi connectivity index (χ0n) is 12.2. The van der Waals surface area contributed by atoms with Crippen LogP contribution in [0.4, 0.5) is 11.5 Å². The lowest BCUT2D eigenvalue weighted by molar-refractivity contribution is 0.102. The second-order valence-electron chi connectivity index (χ2n) is 5.14. The van der Waals surface area contributed by atoms with Crippen LogP contribution in [0.5, 0.6) is 0 Å². The van der Waals surface area contributed by atoms with E-state index in [0.717, 1.165) is 6.54 Å². The van der Waals surface area contributed by atoms with Crippen molar-refractivity contribution >= 4 is 40.6 Å². The maximum absolute atomic E-state index is 12.2. The number of halogens is 2. The van der Waals surface area contributed by atoms with E-state index in [9.17, 15) is 4.79 Å². The summed E-state index contributed by atoms with van der Waals surface area (Å²) in [6.07, 6.45) is 1.34. The number of amides is 1. The van der Waals surface area contributed by atoms with Crippen LogP contribution in [0.2, 0.25) is 10.0 Å². The smallest absolute Gasteiger partial charge is 0.274 e. The van der Waals surface area contributed by atoms with E-state index in [0.29, 0.717) is 27.5 Å². The number of nitrogens with zero attached hydrogens (tertiary/aromatic N) is 2. The lowest BCUT2D eigenvalue weighted by Gasteiger charge is -2.10. The molecule has 0 aliphatic carbocycles. The lowest BCUT2D eigenvalue weighted by Crippen LogP contribution is -2.16. The summed E-state index contributed by atoms with van der Waals surface area (Å²) < 4.78 is 0. The van der Waals surface area contributed by atoms with E-state index in [2.05, 4.69) is 34.4 Å². The van der Waals surface area contributed by atoms with Crippen molar-refractivity contribution in [2.75, 3.05) is 17.2 Å². The summed E-state index contributed by atoms with van der Waals surface area (Å²) in [7, 11) is 0. The highest BCUT2D eigenvalue weighted by atomic mass is 35.5. The van der Waals surface area contributed by atoms with E-state index in [1.807, 2.05) is 0 Å². The number of hydrogen-bond acceptors (Lipinski definition) is 4. The number of nitrogens with one attached hydrogen (secondary N) is 2. The molecule has 0 atom stereocenters. The largest absolute Gasteiger partial charge is 0.370 e. The van der Waals surface area contributed by atoms with E-state index in [-0.39, 0.29) is 11.6 Å². The Morgan fingerprint density at radius 2 is 2.00 bits per heavy atom. The van der Waals surface area contributed by atoms with Crippen molar-refractivity contribution < 1.29 is 4.79 Å². The monoisotopic (exact) mass is 338 g/mol. The predicted molar refractivity (Wildman–Crippen MR) is 89.8 cm³/mol. The van der Waals surface area contributed by atoms with E-state index >= 15 is 0 Å². The molecule has 0 aliphatic rings. The average molecular weight is 339 g/mol. The second kappa shape index (κ2) is 7.42. The van der Waals surface area contributed by atoms with Crippen LogP contribution in [-0.4, -0.2) is 22.4 Å². The van der Waals surface area contributed by atoms with Crippen LogP contribution in [0, 0.1) is 5.92 Å². The van der Waals surface area contributed by atoms with Crippen molar-refractivity contribution in [3.8, 4) is 0 Å². The molecule has 1 amide bonds. The number of benzene rings is 1. The zero-order chi connectivity index (χ0) is 16.1. The molecule has 2 rings (SSSR count). The zero-order valence-corrected chi connectivity index (χ0v) is 13.7. The normalized spacial score (nSPS) is 10.6. The molecule has 0 saturated heterocycles. The first-order valence-corrected chi connectivity index (χ1v) is 7.53. The fraction of sp³-hybridized carbons (Fsp3) is 0.267. The first-order chi connectivity index (χ1) is 10.5. The second-order valence-corrected chi connectivity index (χ2v) is 5.99. The van der Waals surface area contributed by atoms with Gasteiger partial charge in [0.05, 0.1) is 10.7 Å². The van der Waals surface area contributed by atoms with Crippen molar-refractivity contribution in [3.63, 3.8) is 0 Å². The lowest BCUT2D eigenvalue weighted by atomic mass is 10.2. The van der Waals surface area contributed by atoms with Crippen LogP contribution in [0.15, 0.2) is 30.6 Å². The minimum atomic E-state index is -0.376. The molecular formula is C15H16Cl2N4O. The minimum Gasteiger partial charge on any atom is -0.370 e. The molecular weight excluding hydrogens is 323 g/mol. The number of hydrogen-bond donors (Lipinski definition) is 2. The summed E-state index contributed by atoms with van der Waals surface area (Å²) >= 11 is 11.9. The van der Waals surface area contributed by atoms with Crippen LogP contribution in [0.1, 0.15) is 24.3 Å². The van der Waals surface area contributed by atoms with Crippen LogP contribution in [-0.2, 0) is 0 Å². The Labute approximate surface area is 139 Å². The highest BCUT2D eigenvalue weighted by Gasteiger charge is 2.11. The predicted octanol–water partition coefficient (Wildman–Crippen LogP) is 4.10. The van der Waals surface area contributed by atoms with Crippen molar-refractivity contribution in [3.05, 3.63) is 46.3 Å². The number of aromatic nitrogens is 2. The van der Waals surface area contributed by atoms with Crippen LogP contribution in [0.25, 0.3) is 0 Å². The van der Waals surface area contributed by atoms with Crippen molar-refractivity contribution in [1.82, 2.24) is 9.97 Å². The van der Waals surface area contributed by atoms with Gasteiger partial charge >= 0.3 is 0 Å². The van der Waals surface area contributed by atoms with Crippen LogP contribution < -0.4 is 10.6 Å². The molecule has 1 aromatic heterocycles. The van der Waals surface area contributed by atoms with E-state index in [4.69, 9.17) is 23.2 Å². The molecule has 0 spiro atoms. The van der Waals surface area contributed by atoms with Gasteiger partial charge in [0, 0.05) is 17.6 Å². The van der Waals surface area contributed by atoms with Gasteiger partial charge in [0.1, 0.15) is 17.8 Å². The summed E-state index contributed by atoms with van der Waals surface area (Å²) in [5.74, 6) is 0.697. The Hall–Kier alpha value is -1.85. The molecule has 5 nitrogen and oxygen atoms in total. The molecule has 0 saturated carbocycles. The summed E-state index contributed by atoms with van der Waals surface area (Å²) in [6, 6.07) is 6.45. The van der Waals surface area contributed by atoms with Crippen molar-refractivity contribution in [1.29, 1.82) is 0 Å². The molecule has 2 aromatic rings. The average Bonchev–Trinajstić information content (AvgIpc) is 2.49. The van der Waals surface area contributed by atoms with Gasteiger partial charge in [-0.3, -0.25) is 4.79 Å². The van der Waals surface area contributed by atoms with Gasteiger partial charge in [-0.1, -0.05) is 37.0 Å². The van der Waals surface area contributed by atoms with Gasteiger partial charge in [-0.2, -0.15) is 0 Å². The van der Waals surface area contributed by atoms with Crippen molar-refractivity contribution in [2.45, 2.75) is 13.8 Å². The molecule has 0 aliphatic heterocycles. The Morgan fingerprint density at radius 1 is 1.23 bits per heavy atom. The van der Waals surface area contributed by atoms with E-state index < -0.39 is 0 Å². The Bertz CT molecular complexity index is 676. The number of rotatable bonds is 5. The molecule has 0 bridgehead atoms. The van der Waals surface area contributed by atoms with E-state index in [1.54, 1.807) is 24.3 Å². The van der Waals surface area contributed by atoms with Crippen molar-refractivity contribution in [2.24, 2.45) is 5.92 Å². The molecule has 1 aromatic carbocycles. The number of carbonyl (C=O) groups excluding carboxylic acids is 1. The summed E-state index contributed by atoms with van der Waals surface area (Å²) in [6.45, 7) is 4.93. The third kappa shape index (κ3) is 4.58. The summed E-state index contributed by atoms with van der Waals surface area (Å²) in [4.78, 5) is 20.3. The highest BCUT2D eigenvalue weighted by molar-refractivity contribution is 6.35. The van der Waals surface area contributed by atoms with Gasteiger partial charge in [0.25, 0.3) is 5.91 Å². The maximum Gasteiger partial charge on any atom is 0.274 e. The summed E-state index contributed by atoms with van der Waals surface area (Å²) in [5, 5.41) is 6.73. The van der Waals surface area contributed by atoms with Gasteiger partial charge in [-0.05, 0) is 24.1 Å². The first kappa shape index (κ1) is 16.5. The molecule has 0 fully saturated rings. The van der Waals surface area contributed by atoms with Gasteiger partial charge in [0.2, 0.25) is 0 Å². The molecule has 22 heavy (non-hydrogen) atoms. The molecule has 116 valence electrons.